The van der Waals surface area contributed by atoms with Crippen LogP contribution in [0.5, 0.6) is 0 Å². The number of nitrogens with zero attached hydrogens (tertiary/aromatic N) is 1. The van der Waals surface area contributed by atoms with Gasteiger partial charge in [-0.3, -0.25) is 5.43 Å². The zero-order chi connectivity index (χ0) is 8.97. The number of rotatable bonds is 1. The van der Waals surface area contributed by atoms with Crippen LogP contribution < -0.4 is 17.1 Å². The van der Waals surface area contributed by atoms with E-state index in [0.717, 1.165) is 11.5 Å². The number of carbonyl (C=O) groups is 1. The molecular formula is C6H16N4OS. The van der Waals surface area contributed by atoms with Gasteiger partial charge in [0.15, 0.2) is 0 Å². The number of hydrogen-bond acceptors (Lipinski definition) is 3. The standard InChI is InChI=1S/C6H16N4OS/c7-9-6(11)10(8)12-4-2-1-3-5-12/h12H,1-5,7-8H2,(H,9,11). The van der Waals surface area contributed by atoms with Gasteiger partial charge in [-0.2, -0.15) is 11.1 Å². The van der Waals surface area contributed by atoms with E-state index in [1.807, 2.05) is 5.43 Å². The third-order valence-corrected chi connectivity index (χ3v) is 4.42. The highest BCUT2D eigenvalue weighted by atomic mass is 32.2. The van der Waals surface area contributed by atoms with Crippen molar-refractivity contribution in [3.63, 3.8) is 0 Å². The largest absolute Gasteiger partial charge is 0.354 e. The van der Waals surface area contributed by atoms with Gasteiger partial charge in [-0.15, -0.1) is 0 Å². The molecule has 1 fully saturated rings. The fraction of sp³-hybridized carbons (Fsp3) is 0.833. The molecule has 1 rings (SSSR count). The second kappa shape index (κ2) is 4.54. The molecule has 1 aliphatic rings. The lowest BCUT2D eigenvalue weighted by Gasteiger charge is -2.33. The van der Waals surface area contributed by atoms with E-state index < -0.39 is 11.1 Å². The molecule has 5 nitrogen and oxygen atoms in total. The van der Waals surface area contributed by atoms with E-state index in [0.29, 0.717) is 0 Å². The third kappa shape index (κ3) is 2.26. The van der Waals surface area contributed by atoms with Gasteiger partial charge >= 0.3 is 6.03 Å². The van der Waals surface area contributed by atoms with Crippen LogP contribution in [-0.4, -0.2) is 22.0 Å². The molecule has 1 saturated heterocycles. The summed E-state index contributed by atoms with van der Waals surface area (Å²) >= 11 is -0.459. The van der Waals surface area contributed by atoms with Crippen molar-refractivity contribution in [2.45, 2.75) is 19.3 Å². The first-order valence-electron chi connectivity index (χ1n) is 4.06. The Balaban J connectivity index is 2.39. The molecule has 1 aliphatic heterocycles. The fourth-order valence-electron chi connectivity index (χ4n) is 1.29. The maximum Gasteiger partial charge on any atom is 0.354 e. The number of nitrogens with two attached hydrogens (primary N) is 2. The quantitative estimate of drug-likeness (QED) is 0.202. The Morgan fingerprint density at radius 2 is 1.92 bits per heavy atom. The molecule has 72 valence electrons. The van der Waals surface area contributed by atoms with Gasteiger partial charge in [0.2, 0.25) is 0 Å². The first kappa shape index (κ1) is 9.63. The van der Waals surface area contributed by atoms with Gasteiger partial charge in [-0.1, -0.05) is 6.42 Å². The van der Waals surface area contributed by atoms with Crippen LogP contribution in [0.4, 0.5) is 4.79 Å². The third-order valence-electron chi connectivity index (χ3n) is 1.97. The Hall–Kier alpha value is -0.460. The minimum Gasteiger partial charge on any atom is -0.274 e. The fourth-order valence-corrected chi connectivity index (χ4v) is 3.43. The summed E-state index contributed by atoms with van der Waals surface area (Å²) in [6, 6.07) is -0.372. The van der Waals surface area contributed by atoms with Crippen LogP contribution in [-0.2, 0) is 0 Å². The van der Waals surface area contributed by atoms with Crippen LogP contribution in [0.3, 0.4) is 0 Å². The van der Waals surface area contributed by atoms with Crippen molar-refractivity contribution in [2.24, 2.45) is 11.7 Å². The number of hydrazine groups is 2. The molecule has 0 aromatic rings. The Morgan fingerprint density at radius 3 is 2.42 bits per heavy atom. The van der Waals surface area contributed by atoms with Gasteiger partial charge in [0, 0.05) is 0 Å². The Morgan fingerprint density at radius 1 is 1.33 bits per heavy atom. The molecule has 0 saturated carbocycles. The monoisotopic (exact) mass is 192 g/mol. The summed E-state index contributed by atoms with van der Waals surface area (Å²) < 4.78 is 1.27. The van der Waals surface area contributed by atoms with E-state index in [4.69, 9.17) is 11.7 Å². The van der Waals surface area contributed by atoms with E-state index >= 15 is 0 Å². The summed E-state index contributed by atoms with van der Waals surface area (Å²) in [4.78, 5) is 11.0. The molecule has 0 radical (unpaired) electrons. The predicted octanol–water partition coefficient (Wildman–Crippen LogP) is -0.155. The topological polar surface area (TPSA) is 84.4 Å². The Bertz CT molecular complexity index is 160. The predicted molar refractivity (Wildman–Crippen MR) is 51.3 cm³/mol. The molecular weight excluding hydrogens is 176 g/mol. The number of thiol groups is 1. The molecule has 6 heteroatoms. The second-order valence-electron chi connectivity index (χ2n) is 2.81. The van der Waals surface area contributed by atoms with Crippen LogP contribution >= 0.6 is 11.1 Å². The van der Waals surface area contributed by atoms with E-state index in [1.54, 1.807) is 0 Å². The average molecular weight is 192 g/mol. The van der Waals surface area contributed by atoms with E-state index in [-0.39, 0.29) is 6.03 Å². The highest BCUT2D eigenvalue weighted by Crippen LogP contribution is 2.34. The minimum absolute atomic E-state index is 0.372. The minimum atomic E-state index is -0.459. The Kier molecular flexibility index (Phi) is 3.64. The number of carbonyl (C=O) groups excluding carboxylic acids is 1. The summed E-state index contributed by atoms with van der Waals surface area (Å²) in [6.07, 6.45) is 3.62. The average Bonchev–Trinajstić information content (AvgIpc) is 2.17. The molecule has 2 amide bonds. The lowest BCUT2D eigenvalue weighted by atomic mass is 10.3. The van der Waals surface area contributed by atoms with E-state index in [2.05, 4.69) is 0 Å². The molecule has 12 heavy (non-hydrogen) atoms. The van der Waals surface area contributed by atoms with Gasteiger partial charge < -0.3 is 0 Å². The van der Waals surface area contributed by atoms with Crippen molar-refractivity contribution >= 4 is 17.1 Å². The van der Waals surface area contributed by atoms with Crippen molar-refractivity contribution in [3.05, 3.63) is 0 Å². The molecule has 1 heterocycles. The first-order chi connectivity index (χ1) is 5.75. The lowest BCUT2D eigenvalue weighted by Crippen LogP contribution is -2.46. The molecule has 0 aromatic carbocycles. The molecule has 0 aromatic heterocycles. The second-order valence-corrected chi connectivity index (χ2v) is 5.15. The molecule has 0 atom stereocenters. The van der Waals surface area contributed by atoms with Crippen LogP contribution in [0, 0.1) is 0 Å². The van der Waals surface area contributed by atoms with Crippen LogP contribution in [0.2, 0.25) is 0 Å². The molecule has 5 N–H and O–H groups in total. The van der Waals surface area contributed by atoms with Crippen LogP contribution in [0.1, 0.15) is 19.3 Å². The zero-order valence-electron chi connectivity index (χ0n) is 6.99. The van der Waals surface area contributed by atoms with Crippen molar-refractivity contribution in [1.29, 1.82) is 0 Å². The SMILES string of the molecule is NNC(=O)N(N)[SH]1CCCCC1. The van der Waals surface area contributed by atoms with Crippen molar-refractivity contribution in [1.82, 2.24) is 9.84 Å². The smallest absolute Gasteiger partial charge is 0.274 e. The zero-order valence-corrected chi connectivity index (χ0v) is 7.89. The number of urea groups is 1. The molecule has 0 unspecified atom stereocenters. The number of hydrogen-bond donors (Lipinski definition) is 4. The molecule has 0 aliphatic carbocycles. The maximum absolute atomic E-state index is 11.0. The highest BCUT2D eigenvalue weighted by Gasteiger charge is 2.18. The van der Waals surface area contributed by atoms with Gasteiger partial charge in [0.1, 0.15) is 0 Å². The summed E-state index contributed by atoms with van der Waals surface area (Å²) in [5, 5.41) is 0. The summed E-state index contributed by atoms with van der Waals surface area (Å²) in [5.74, 6) is 12.7. The first-order valence-corrected chi connectivity index (χ1v) is 5.72. The highest BCUT2D eigenvalue weighted by molar-refractivity contribution is 8.15. The van der Waals surface area contributed by atoms with E-state index in [1.165, 1.54) is 23.7 Å². The van der Waals surface area contributed by atoms with Crippen LogP contribution in [0.25, 0.3) is 0 Å². The number of nitrogens with one attached hydrogen (secondary N) is 1. The lowest BCUT2D eigenvalue weighted by molar-refractivity contribution is 0.226. The summed E-state index contributed by atoms with van der Waals surface area (Å²) in [7, 11) is 0. The van der Waals surface area contributed by atoms with Crippen LogP contribution in [0.15, 0.2) is 0 Å². The molecule has 0 spiro atoms. The van der Waals surface area contributed by atoms with Crippen molar-refractivity contribution in [2.75, 3.05) is 11.5 Å². The molecule has 0 bridgehead atoms. The van der Waals surface area contributed by atoms with E-state index in [9.17, 15) is 4.79 Å². The number of amides is 2. The van der Waals surface area contributed by atoms with Gasteiger partial charge in [0.05, 0.1) is 0 Å². The Labute approximate surface area is 74.9 Å². The van der Waals surface area contributed by atoms with Gasteiger partial charge in [-0.05, 0) is 24.3 Å². The van der Waals surface area contributed by atoms with Crippen molar-refractivity contribution in [3.8, 4) is 0 Å². The van der Waals surface area contributed by atoms with Gasteiger partial charge in [-0.25, -0.2) is 20.9 Å². The van der Waals surface area contributed by atoms with Crippen molar-refractivity contribution < 1.29 is 4.79 Å². The van der Waals surface area contributed by atoms with Gasteiger partial charge in [0.25, 0.3) is 0 Å². The summed E-state index contributed by atoms with van der Waals surface area (Å²) in [6.45, 7) is 0. The normalized spacial score (nSPS) is 20.3. The summed E-state index contributed by atoms with van der Waals surface area (Å²) in [5.41, 5.74) is 2.04. The maximum atomic E-state index is 11.0.